The molecule has 4 rings (SSSR count). The van der Waals surface area contributed by atoms with Crippen LogP contribution in [-0.4, -0.2) is 45.4 Å². The number of halogens is 3. The van der Waals surface area contributed by atoms with Crippen LogP contribution >= 0.6 is 58.3 Å². The van der Waals surface area contributed by atoms with Crippen LogP contribution in [0.5, 0.6) is 0 Å². The van der Waals surface area contributed by atoms with Crippen LogP contribution in [0.4, 0.5) is 5.69 Å². The largest absolute Gasteiger partial charge is 0.478 e. The molecule has 13 heteroatoms. The lowest BCUT2D eigenvalue weighted by atomic mass is 10.1. The van der Waals surface area contributed by atoms with Gasteiger partial charge in [0.1, 0.15) is 0 Å². The predicted octanol–water partition coefficient (Wildman–Crippen LogP) is 5.58. The van der Waals surface area contributed by atoms with Gasteiger partial charge in [-0.1, -0.05) is 29.3 Å². The third-order valence-electron chi connectivity index (χ3n) is 5.62. The number of carboxylic acids is 1. The number of carbonyl (C=O) groups excluding carboxylic acids is 2. The minimum atomic E-state index is -1.23. The van der Waals surface area contributed by atoms with Gasteiger partial charge in [-0.25, -0.2) is 9.78 Å². The Labute approximate surface area is 232 Å². The molecule has 0 unspecified atom stereocenters. The summed E-state index contributed by atoms with van der Waals surface area (Å²) in [7, 11) is 0. The molecule has 3 N–H and O–H groups in total. The van der Waals surface area contributed by atoms with Crippen molar-refractivity contribution < 1.29 is 19.5 Å². The Kier molecular flexibility index (Phi) is 9.37. The molecule has 2 aromatic heterocycles. The fourth-order valence-corrected chi connectivity index (χ4v) is 5.98. The zero-order chi connectivity index (χ0) is 25.3. The summed E-state index contributed by atoms with van der Waals surface area (Å²) in [5.74, 6) is -2.06. The normalized spacial score (nSPS) is 13.1. The first-order valence-corrected chi connectivity index (χ1v) is 13.1. The molecule has 2 amide bonds. The van der Waals surface area contributed by atoms with Crippen molar-refractivity contribution in [3.63, 3.8) is 0 Å². The summed E-state index contributed by atoms with van der Waals surface area (Å²) in [5, 5.41) is 15.1. The summed E-state index contributed by atoms with van der Waals surface area (Å²) in [4.78, 5) is 45.5. The van der Waals surface area contributed by atoms with Crippen LogP contribution in [0.2, 0.25) is 9.36 Å². The van der Waals surface area contributed by atoms with Crippen molar-refractivity contribution in [1.82, 2.24) is 15.2 Å². The van der Waals surface area contributed by atoms with Crippen LogP contribution in [0.3, 0.4) is 0 Å². The first-order chi connectivity index (χ1) is 16.6. The van der Waals surface area contributed by atoms with Gasteiger partial charge in [-0.05, 0) is 37.6 Å². The first kappa shape index (κ1) is 28.4. The molecular formula is C23H23Cl3N4O4S2. The number of thiophene rings is 1. The van der Waals surface area contributed by atoms with Crippen molar-refractivity contribution in [2.75, 3.05) is 11.9 Å². The van der Waals surface area contributed by atoms with Gasteiger partial charge in [0.2, 0.25) is 0 Å². The molecule has 0 saturated carbocycles. The molecule has 0 fully saturated rings. The van der Waals surface area contributed by atoms with Crippen LogP contribution in [0.1, 0.15) is 59.8 Å². The summed E-state index contributed by atoms with van der Waals surface area (Å²) in [6, 6.07) is 6.48. The predicted molar refractivity (Wildman–Crippen MR) is 145 cm³/mol. The number of aromatic carboxylic acids is 1. The number of nitrogens with one attached hydrogen (secondary N) is 2. The number of carboxylic acid groups (broad SMARTS) is 1. The molecule has 0 atom stereocenters. The Balaban J connectivity index is 0.00000361. The molecule has 1 aliphatic heterocycles. The molecule has 192 valence electrons. The lowest BCUT2D eigenvalue weighted by molar-refractivity contribution is 0.0696. The maximum Gasteiger partial charge on any atom is 0.337 e. The highest BCUT2D eigenvalue weighted by molar-refractivity contribution is 7.18. The fraction of sp³-hybridized carbons (Fsp3) is 0.304. The van der Waals surface area contributed by atoms with Gasteiger partial charge >= 0.3 is 5.97 Å². The molecule has 36 heavy (non-hydrogen) atoms. The van der Waals surface area contributed by atoms with Crippen LogP contribution in [0.15, 0.2) is 24.3 Å². The summed E-state index contributed by atoms with van der Waals surface area (Å²) in [6.07, 6.45) is 0.760. The molecule has 0 spiro atoms. The van der Waals surface area contributed by atoms with Gasteiger partial charge in [-0.15, -0.1) is 35.1 Å². The smallest absolute Gasteiger partial charge is 0.337 e. The van der Waals surface area contributed by atoms with E-state index in [-0.39, 0.29) is 46.1 Å². The van der Waals surface area contributed by atoms with E-state index in [1.165, 1.54) is 23.5 Å². The summed E-state index contributed by atoms with van der Waals surface area (Å²) >= 11 is 14.7. The molecule has 0 aliphatic carbocycles. The second-order valence-corrected chi connectivity index (χ2v) is 11.4. The van der Waals surface area contributed by atoms with Crippen LogP contribution in [-0.2, 0) is 19.5 Å². The highest BCUT2D eigenvalue weighted by atomic mass is 35.5. The molecule has 1 aliphatic rings. The van der Waals surface area contributed by atoms with E-state index in [2.05, 4.69) is 34.4 Å². The van der Waals surface area contributed by atoms with E-state index < -0.39 is 11.9 Å². The number of aromatic nitrogens is 1. The lowest BCUT2D eigenvalue weighted by Gasteiger charge is -2.29. The van der Waals surface area contributed by atoms with Crippen molar-refractivity contribution >= 4 is 81.8 Å². The average Bonchev–Trinajstić information content (AvgIpc) is 3.44. The number of hydrogen-bond donors (Lipinski definition) is 3. The maximum absolute atomic E-state index is 13.1. The quantitative estimate of drug-likeness (QED) is 0.332. The van der Waals surface area contributed by atoms with Crippen LogP contribution in [0.25, 0.3) is 0 Å². The highest BCUT2D eigenvalue weighted by Crippen LogP contribution is 2.32. The summed E-state index contributed by atoms with van der Waals surface area (Å²) in [5.41, 5.74) is 1.33. The molecule has 0 saturated heterocycles. The SMILES string of the molecule is CC(C)N1CCc2nc(C(=O)Nc3c(CNC(=O)c4ccc(Cl)s4)ccc(C(=O)O)c3Cl)sc2C1.Cl. The van der Waals surface area contributed by atoms with Gasteiger partial charge in [0.15, 0.2) is 5.01 Å². The van der Waals surface area contributed by atoms with E-state index >= 15 is 0 Å². The van der Waals surface area contributed by atoms with E-state index in [4.69, 9.17) is 23.2 Å². The van der Waals surface area contributed by atoms with Gasteiger partial charge in [-0.3, -0.25) is 14.5 Å². The number of anilines is 1. The summed E-state index contributed by atoms with van der Waals surface area (Å²) < 4.78 is 0.486. The van der Waals surface area contributed by atoms with Crippen LogP contribution < -0.4 is 10.6 Å². The summed E-state index contributed by atoms with van der Waals surface area (Å²) in [6.45, 7) is 5.88. The first-order valence-electron chi connectivity index (χ1n) is 10.8. The zero-order valence-corrected chi connectivity index (χ0v) is 23.2. The van der Waals surface area contributed by atoms with E-state index in [9.17, 15) is 19.5 Å². The van der Waals surface area contributed by atoms with Crippen molar-refractivity contribution in [3.05, 3.63) is 65.2 Å². The Morgan fingerprint density at radius 2 is 1.89 bits per heavy atom. The molecule has 1 aromatic carbocycles. The number of thiazole rings is 1. The third kappa shape index (κ3) is 6.19. The van der Waals surface area contributed by atoms with Crippen molar-refractivity contribution in [1.29, 1.82) is 0 Å². The van der Waals surface area contributed by atoms with Gasteiger partial charge < -0.3 is 15.7 Å². The van der Waals surface area contributed by atoms with Crippen LogP contribution in [0, 0.1) is 0 Å². The minimum Gasteiger partial charge on any atom is -0.478 e. The number of rotatable bonds is 7. The van der Waals surface area contributed by atoms with Gasteiger partial charge in [0.25, 0.3) is 11.8 Å². The maximum atomic E-state index is 13.1. The standard InChI is InChI=1S/C23H22Cl2N4O4S2.ClH/c1-11(2)29-8-7-14-16(10-29)35-22(27-14)21(31)28-19-12(3-4-13(18(19)25)23(32)33)9-26-20(30)15-5-6-17(24)34-15;/h3-6,11H,7-10H2,1-2H3,(H,26,30)(H,28,31)(H,32,33);1H. The zero-order valence-electron chi connectivity index (χ0n) is 19.3. The average molecular weight is 590 g/mol. The van der Waals surface area contributed by atoms with Crippen molar-refractivity contribution in [2.24, 2.45) is 0 Å². The second kappa shape index (κ2) is 11.9. The van der Waals surface area contributed by atoms with E-state index in [0.717, 1.165) is 41.4 Å². The molecule has 3 heterocycles. The number of amides is 2. The molecule has 0 bridgehead atoms. The monoisotopic (exact) mass is 588 g/mol. The topological polar surface area (TPSA) is 112 Å². The van der Waals surface area contributed by atoms with E-state index in [1.54, 1.807) is 12.1 Å². The Morgan fingerprint density at radius 1 is 1.14 bits per heavy atom. The number of benzene rings is 1. The van der Waals surface area contributed by atoms with E-state index in [0.29, 0.717) is 20.8 Å². The van der Waals surface area contributed by atoms with E-state index in [1.807, 2.05) is 0 Å². The van der Waals surface area contributed by atoms with Gasteiger partial charge in [-0.2, -0.15) is 0 Å². The number of fused-ring (bicyclic) bond motifs is 1. The highest BCUT2D eigenvalue weighted by Gasteiger charge is 2.26. The fourth-order valence-electron chi connectivity index (χ4n) is 3.68. The molecular weight excluding hydrogens is 567 g/mol. The third-order valence-corrected chi connectivity index (χ3v) is 8.32. The van der Waals surface area contributed by atoms with Gasteiger partial charge in [0.05, 0.1) is 31.2 Å². The van der Waals surface area contributed by atoms with Crippen molar-refractivity contribution in [2.45, 2.75) is 39.4 Å². The number of hydrogen-bond acceptors (Lipinski definition) is 7. The Bertz CT molecular complexity index is 1310. The second-order valence-electron chi connectivity index (χ2n) is 8.21. The van der Waals surface area contributed by atoms with Gasteiger partial charge in [0, 0.05) is 37.0 Å². The number of carbonyl (C=O) groups is 3. The lowest BCUT2D eigenvalue weighted by Crippen LogP contribution is -2.35. The number of nitrogens with zero attached hydrogens (tertiary/aromatic N) is 2. The Morgan fingerprint density at radius 3 is 2.53 bits per heavy atom. The molecule has 3 aromatic rings. The molecule has 8 nitrogen and oxygen atoms in total. The minimum absolute atomic E-state index is 0. The Hall–Kier alpha value is -2.21. The van der Waals surface area contributed by atoms with Crippen molar-refractivity contribution in [3.8, 4) is 0 Å². The molecule has 0 radical (unpaired) electrons.